The highest BCUT2D eigenvalue weighted by Gasteiger charge is 2.42. The molecule has 2 heterocycles. The molecule has 4 rings (SSSR count). The smallest absolute Gasteiger partial charge is 0.247 e. The van der Waals surface area contributed by atoms with Gasteiger partial charge < -0.3 is 4.90 Å². The molecule has 152 valence electrons. The normalized spacial score (nSPS) is 20.6. The first-order valence-corrected chi connectivity index (χ1v) is 10.6. The molecule has 0 aliphatic carbocycles. The van der Waals surface area contributed by atoms with Crippen molar-refractivity contribution in [1.82, 2.24) is 9.80 Å². The van der Waals surface area contributed by atoms with Crippen molar-refractivity contribution in [3.8, 4) is 0 Å². The molecule has 2 saturated heterocycles. The molecule has 0 N–H and O–H groups in total. The molecule has 5 nitrogen and oxygen atoms in total. The summed E-state index contributed by atoms with van der Waals surface area (Å²) in [5.74, 6) is -0.128. The summed E-state index contributed by atoms with van der Waals surface area (Å²) < 4.78 is 0. The van der Waals surface area contributed by atoms with Gasteiger partial charge in [-0.15, -0.1) is 0 Å². The molecule has 0 aromatic heterocycles. The Kier molecular flexibility index (Phi) is 6.09. The third-order valence-electron chi connectivity index (χ3n) is 5.71. The minimum Gasteiger partial charge on any atom is -0.369 e. The zero-order valence-corrected chi connectivity index (χ0v) is 17.6. The number of anilines is 1. The van der Waals surface area contributed by atoms with Crippen LogP contribution < -0.4 is 4.90 Å². The van der Waals surface area contributed by atoms with Crippen molar-refractivity contribution in [2.75, 3.05) is 37.6 Å². The van der Waals surface area contributed by atoms with E-state index in [1.54, 1.807) is 6.07 Å². The van der Waals surface area contributed by atoms with Gasteiger partial charge in [0, 0.05) is 38.4 Å². The second-order valence-electron chi connectivity index (χ2n) is 7.46. The Labute approximate surface area is 180 Å². The number of rotatable bonds is 5. The van der Waals surface area contributed by atoms with Crippen molar-refractivity contribution in [2.24, 2.45) is 0 Å². The van der Waals surface area contributed by atoms with E-state index in [9.17, 15) is 9.59 Å². The first kappa shape index (κ1) is 20.2. The molecule has 7 heteroatoms. The Balaban J connectivity index is 1.34. The van der Waals surface area contributed by atoms with Crippen LogP contribution >= 0.6 is 23.2 Å². The van der Waals surface area contributed by atoms with Gasteiger partial charge in [0.15, 0.2) is 0 Å². The predicted octanol–water partition coefficient (Wildman–Crippen LogP) is 3.49. The zero-order chi connectivity index (χ0) is 20.4. The topological polar surface area (TPSA) is 43.9 Å². The summed E-state index contributed by atoms with van der Waals surface area (Å²) in [6, 6.07) is 15.2. The Hall–Kier alpha value is -2.08. The van der Waals surface area contributed by atoms with Gasteiger partial charge in [0.25, 0.3) is 0 Å². The van der Waals surface area contributed by atoms with Gasteiger partial charge in [0.05, 0.1) is 22.5 Å². The minimum absolute atomic E-state index is 0.0612. The second-order valence-corrected chi connectivity index (χ2v) is 8.27. The molecule has 0 unspecified atom stereocenters. The fourth-order valence-corrected chi connectivity index (χ4v) is 4.34. The largest absolute Gasteiger partial charge is 0.369 e. The SMILES string of the molecule is O=C1C[C@@H](N2CCN(c3ccc(Cl)c(Cl)c3)CC2)C(=O)N1CCc1ccccc1. The number of carbonyl (C=O) groups is 2. The van der Waals surface area contributed by atoms with Crippen molar-refractivity contribution in [3.05, 3.63) is 64.1 Å². The molecule has 29 heavy (non-hydrogen) atoms. The summed E-state index contributed by atoms with van der Waals surface area (Å²) in [5.41, 5.74) is 2.16. The molecule has 0 radical (unpaired) electrons. The van der Waals surface area contributed by atoms with E-state index in [1.165, 1.54) is 4.90 Å². The summed E-state index contributed by atoms with van der Waals surface area (Å²) in [7, 11) is 0. The lowest BCUT2D eigenvalue weighted by Gasteiger charge is -2.38. The van der Waals surface area contributed by atoms with E-state index in [0.29, 0.717) is 23.0 Å². The molecule has 2 aromatic rings. The van der Waals surface area contributed by atoms with E-state index >= 15 is 0 Å². The highest BCUT2D eigenvalue weighted by Crippen LogP contribution is 2.28. The van der Waals surface area contributed by atoms with Gasteiger partial charge in [0.1, 0.15) is 0 Å². The second kappa shape index (κ2) is 8.74. The molecule has 0 bridgehead atoms. The van der Waals surface area contributed by atoms with Crippen LogP contribution in [0.4, 0.5) is 5.69 Å². The van der Waals surface area contributed by atoms with Crippen LogP contribution in [0, 0.1) is 0 Å². The van der Waals surface area contributed by atoms with Gasteiger partial charge in [0.2, 0.25) is 11.8 Å². The number of imide groups is 1. The van der Waals surface area contributed by atoms with Crippen LogP contribution in [0.2, 0.25) is 10.0 Å². The van der Waals surface area contributed by atoms with Crippen molar-refractivity contribution in [1.29, 1.82) is 0 Å². The third-order valence-corrected chi connectivity index (χ3v) is 6.45. The molecule has 2 aromatic carbocycles. The highest BCUT2D eigenvalue weighted by atomic mass is 35.5. The number of benzene rings is 2. The maximum absolute atomic E-state index is 12.9. The van der Waals surface area contributed by atoms with Crippen LogP contribution in [0.5, 0.6) is 0 Å². The van der Waals surface area contributed by atoms with Gasteiger partial charge in [-0.3, -0.25) is 19.4 Å². The van der Waals surface area contributed by atoms with E-state index in [4.69, 9.17) is 23.2 Å². The van der Waals surface area contributed by atoms with Crippen molar-refractivity contribution in [3.63, 3.8) is 0 Å². The molecular weight excluding hydrogens is 409 g/mol. The fourth-order valence-electron chi connectivity index (χ4n) is 4.04. The number of hydrogen-bond acceptors (Lipinski definition) is 4. The fraction of sp³-hybridized carbons (Fsp3) is 0.364. The predicted molar refractivity (Wildman–Crippen MR) is 116 cm³/mol. The molecule has 2 amide bonds. The van der Waals surface area contributed by atoms with Crippen LogP contribution in [0.3, 0.4) is 0 Å². The van der Waals surface area contributed by atoms with E-state index < -0.39 is 0 Å². The molecule has 0 saturated carbocycles. The average molecular weight is 432 g/mol. The number of amides is 2. The number of nitrogens with zero attached hydrogens (tertiary/aromatic N) is 3. The van der Waals surface area contributed by atoms with Crippen molar-refractivity contribution >= 4 is 40.7 Å². The molecule has 0 spiro atoms. The van der Waals surface area contributed by atoms with E-state index in [-0.39, 0.29) is 24.3 Å². The minimum atomic E-state index is -0.339. The maximum atomic E-state index is 12.9. The lowest BCUT2D eigenvalue weighted by Crippen LogP contribution is -2.52. The number of halogens is 2. The van der Waals surface area contributed by atoms with Gasteiger partial charge in [-0.2, -0.15) is 0 Å². The first-order chi connectivity index (χ1) is 14.0. The number of piperazine rings is 1. The molecule has 2 aliphatic rings. The maximum Gasteiger partial charge on any atom is 0.247 e. The van der Waals surface area contributed by atoms with Crippen LogP contribution in [0.15, 0.2) is 48.5 Å². The molecule has 2 aliphatic heterocycles. The number of carbonyl (C=O) groups excluding carboxylic acids is 2. The highest BCUT2D eigenvalue weighted by molar-refractivity contribution is 6.42. The van der Waals surface area contributed by atoms with Crippen LogP contribution in [0.1, 0.15) is 12.0 Å². The van der Waals surface area contributed by atoms with Gasteiger partial charge >= 0.3 is 0 Å². The van der Waals surface area contributed by atoms with Crippen LogP contribution in [-0.2, 0) is 16.0 Å². The van der Waals surface area contributed by atoms with E-state index in [0.717, 1.165) is 37.4 Å². The monoisotopic (exact) mass is 431 g/mol. The lowest BCUT2D eigenvalue weighted by molar-refractivity contribution is -0.139. The van der Waals surface area contributed by atoms with Crippen molar-refractivity contribution in [2.45, 2.75) is 18.9 Å². The summed E-state index contributed by atoms with van der Waals surface area (Å²) in [6.07, 6.45) is 0.969. The molecule has 2 fully saturated rings. The van der Waals surface area contributed by atoms with Crippen LogP contribution in [0.25, 0.3) is 0 Å². The lowest BCUT2D eigenvalue weighted by atomic mass is 10.1. The summed E-state index contributed by atoms with van der Waals surface area (Å²) in [6.45, 7) is 3.47. The van der Waals surface area contributed by atoms with Gasteiger partial charge in [-0.1, -0.05) is 53.5 Å². The summed E-state index contributed by atoms with van der Waals surface area (Å²) in [4.78, 5) is 31.1. The number of hydrogen-bond donors (Lipinski definition) is 0. The Bertz CT molecular complexity index is 898. The average Bonchev–Trinajstić information content (AvgIpc) is 3.03. The van der Waals surface area contributed by atoms with E-state index in [2.05, 4.69) is 9.80 Å². The Morgan fingerprint density at radius 1 is 0.897 bits per heavy atom. The van der Waals surface area contributed by atoms with E-state index in [1.807, 2.05) is 42.5 Å². The summed E-state index contributed by atoms with van der Waals surface area (Å²) in [5, 5.41) is 1.08. The Morgan fingerprint density at radius 3 is 2.31 bits per heavy atom. The third kappa shape index (κ3) is 4.42. The Morgan fingerprint density at radius 2 is 1.62 bits per heavy atom. The van der Waals surface area contributed by atoms with Crippen molar-refractivity contribution < 1.29 is 9.59 Å². The molecular formula is C22H23Cl2N3O2. The standard InChI is InChI=1S/C22H23Cl2N3O2/c23-18-7-6-17(14-19(18)24)25-10-12-26(13-11-25)20-15-21(28)27(22(20)29)9-8-16-4-2-1-3-5-16/h1-7,14,20H,8-13,15H2/t20-/m1/s1. The van der Waals surface area contributed by atoms with Gasteiger partial charge in [-0.25, -0.2) is 0 Å². The summed E-state index contributed by atoms with van der Waals surface area (Å²) >= 11 is 12.1. The molecule has 1 atom stereocenters. The number of likely N-dealkylation sites (tertiary alicyclic amines) is 1. The zero-order valence-electron chi connectivity index (χ0n) is 16.1. The first-order valence-electron chi connectivity index (χ1n) is 9.85. The van der Waals surface area contributed by atoms with Gasteiger partial charge in [-0.05, 0) is 30.2 Å². The van der Waals surface area contributed by atoms with Crippen LogP contribution in [-0.4, -0.2) is 60.4 Å². The quantitative estimate of drug-likeness (QED) is 0.679.